The van der Waals surface area contributed by atoms with E-state index in [1.807, 2.05) is 29.3 Å². The number of nitrogens with zero attached hydrogens (tertiary/aromatic N) is 4. The van der Waals surface area contributed by atoms with E-state index < -0.39 is 4.92 Å². The van der Waals surface area contributed by atoms with Gasteiger partial charge in [-0.3, -0.25) is 14.9 Å². The highest BCUT2D eigenvalue weighted by atomic mass is 32.1. The average molecular weight is 346 g/mol. The fourth-order valence-electron chi connectivity index (χ4n) is 2.83. The molecule has 7 nitrogen and oxygen atoms in total. The van der Waals surface area contributed by atoms with Crippen molar-refractivity contribution in [2.24, 2.45) is 0 Å². The minimum absolute atomic E-state index is 0.000937. The smallest absolute Gasteiger partial charge is 0.287 e. The van der Waals surface area contributed by atoms with Crippen LogP contribution in [0.15, 0.2) is 29.8 Å². The van der Waals surface area contributed by atoms with Gasteiger partial charge in [0.25, 0.3) is 5.69 Å². The topological polar surface area (TPSA) is 79.6 Å². The molecule has 0 unspecified atom stereocenters. The van der Waals surface area contributed by atoms with Crippen molar-refractivity contribution in [3.05, 3.63) is 50.3 Å². The predicted octanol–water partition coefficient (Wildman–Crippen LogP) is 2.25. The zero-order valence-electron chi connectivity index (χ0n) is 13.3. The number of aryl methyl sites for hydroxylation is 1. The van der Waals surface area contributed by atoms with E-state index >= 15 is 0 Å². The Morgan fingerprint density at radius 3 is 2.71 bits per heavy atom. The summed E-state index contributed by atoms with van der Waals surface area (Å²) in [5.74, 6) is 0.899. The number of hydrogen-bond acceptors (Lipinski definition) is 6. The highest BCUT2D eigenvalue weighted by molar-refractivity contribution is 7.10. The van der Waals surface area contributed by atoms with Gasteiger partial charge in [0.15, 0.2) is 0 Å². The first-order valence-corrected chi connectivity index (χ1v) is 8.58. The van der Waals surface area contributed by atoms with Crippen molar-refractivity contribution in [2.45, 2.75) is 13.3 Å². The van der Waals surface area contributed by atoms with Gasteiger partial charge in [-0.2, -0.15) is 0 Å². The van der Waals surface area contributed by atoms with Crippen molar-refractivity contribution in [1.29, 1.82) is 0 Å². The fourth-order valence-corrected chi connectivity index (χ4v) is 3.52. The molecule has 8 heteroatoms. The van der Waals surface area contributed by atoms with E-state index in [0.29, 0.717) is 32.6 Å². The Bertz CT molecular complexity index is 740. The molecule has 0 atom stereocenters. The summed E-state index contributed by atoms with van der Waals surface area (Å²) in [5.41, 5.74) is 0.781. The van der Waals surface area contributed by atoms with Gasteiger partial charge in [0.1, 0.15) is 12.0 Å². The summed E-state index contributed by atoms with van der Waals surface area (Å²) in [7, 11) is 0. The molecule has 2 aromatic heterocycles. The van der Waals surface area contributed by atoms with Gasteiger partial charge >= 0.3 is 0 Å². The molecule has 1 saturated heterocycles. The summed E-state index contributed by atoms with van der Waals surface area (Å²) >= 11 is 1.60. The third-order valence-electron chi connectivity index (χ3n) is 4.08. The lowest BCUT2D eigenvalue weighted by Crippen LogP contribution is -2.49. The second-order valence-corrected chi connectivity index (χ2v) is 6.75. The maximum Gasteiger partial charge on any atom is 0.287 e. The van der Waals surface area contributed by atoms with Gasteiger partial charge in [-0.15, -0.1) is 11.3 Å². The molecule has 3 heterocycles. The SMILES string of the molecule is Cc1cc([N+](=O)[O-])cnc1N1CCN(C(=O)Cc2cccs2)CC1. The van der Waals surface area contributed by atoms with Gasteiger partial charge in [0, 0.05) is 37.1 Å². The monoisotopic (exact) mass is 346 g/mol. The maximum absolute atomic E-state index is 12.3. The molecule has 0 radical (unpaired) electrons. The van der Waals surface area contributed by atoms with Gasteiger partial charge in [-0.1, -0.05) is 6.07 Å². The second kappa shape index (κ2) is 6.96. The van der Waals surface area contributed by atoms with E-state index in [1.54, 1.807) is 11.3 Å². The molecule has 0 spiro atoms. The van der Waals surface area contributed by atoms with Crippen LogP contribution in [0.3, 0.4) is 0 Å². The lowest BCUT2D eigenvalue weighted by molar-refractivity contribution is -0.385. The van der Waals surface area contributed by atoms with Crippen LogP contribution in [0, 0.1) is 17.0 Å². The predicted molar refractivity (Wildman–Crippen MR) is 92.4 cm³/mol. The number of amides is 1. The van der Waals surface area contributed by atoms with Crippen LogP contribution in [0.25, 0.3) is 0 Å². The lowest BCUT2D eigenvalue weighted by Gasteiger charge is -2.36. The molecular weight excluding hydrogens is 328 g/mol. The summed E-state index contributed by atoms with van der Waals surface area (Å²) in [4.78, 5) is 31.9. The van der Waals surface area contributed by atoms with Crippen LogP contribution in [-0.4, -0.2) is 46.9 Å². The number of nitro groups is 1. The summed E-state index contributed by atoms with van der Waals surface area (Å²) in [6.07, 6.45) is 1.74. The molecule has 24 heavy (non-hydrogen) atoms. The van der Waals surface area contributed by atoms with Crippen LogP contribution in [0.2, 0.25) is 0 Å². The Labute approximate surface area is 143 Å². The molecule has 0 bridgehead atoms. The first kappa shape index (κ1) is 16.4. The van der Waals surface area contributed by atoms with Crippen molar-refractivity contribution in [3.8, 4) is 0 Å². The molecule has 2 aromatic rings. The molecular formula is C16H18N4O3S. The standard InChI is InChI=1S/C16H18N4O3S/c1-12-9-13(20(22)23)11-17-16(12)19-6-4-18(5-7-19)15(21)10-14-3-2-8-24-14/h2-3,8-9,11H,4-7,10H2,1H3. The van der Waals surface area contributed by atoms with Crippen molar-refractivity contribution in [3.63, 3.8) is 0 Å². The molecule has 0 saturated carbocycles. The Balaban J connectivity index is 1.60. The summed E-state index contributed by atoms with van der Waals surface area (Å²) in [6, 6.07) is 5.47. The molecule has 1 aliphatic rings. The van der Waals surface area contributed by atoms with Crippen LogP contribution >= 0.6 is 11.3 Å². The van der Waals surface area contributed by atoms with E-state index in [2.05, 4.69) is 9.88 Å². The number of carbonyl (C=O) groups is 1. The number of anilines is 1. The second-order valence-electron chi connectivity index (χ2n) is 5.72. The maximum atomic E-state index is 12.3. The van der Waals surface area contributed by atoms with Crippen LogP contribution in [0.5, 0.6) is 0 Å². The number of piperazine rings is 1. The quantitative estimate of drug-likeness (QED) is 0.627. The van der Waals surface area contributed by atoms with Crippen LogP contribution in [-0.2, 0) is 11.2 Å². The highest BCUT2D eigenvalue weighted by Gasteiger charge is 2.23. The van der Waals surface area contributed by atoms with Gasteiger partial charge < -0.3 is 9.80 Å². The van der Waals surface area contributed by atoms with Gasteiger partial charge in [-0.25, -0.2) is 4.98 Å². The normalized spacial score (nSPS) is 14.7. The van der Waals surface area contributed by atoms with Crippen LogP contribution in [0.4, 0.5) is 11.5 Å². The molecule has 126 valence electrons. The van der Waals surface area contributed by atoms with E-state index in [1.165, 1.54) is 12.3 Å². The number of aromatic nitrogens is 1. The first-order chi connectivity index (χ1) is 11.5. The van der Waals surface area contributed by atoms with Crippen molar-refractivity contribution in [2.75, 3.05) is 31.1 Å². The fraction of sp³-hybridized carbons (Fsp3) is 0.375. The van der Waals surface area contributed by atoms with Gasteiger partial charge in [0.2, 0.25) is 5.91 Å². The Kier molecular flexibility index (Phi) is 4.75. The van der Waals surface area contributed by atoms with Crippen molar-refractivity contribution >= 4 is 28.7 Å². The minimum atomic E-state index is -0.440. The van der Waals surface area contributed by atoms with E-state index in [9.17, 15) is 14.9 Å². The number of carbonyl (C=O) groups excluding carboxylic acids is 1. The Morgan fingerprint density at radius 2 is 2.12 bits per heavy atom. The molecule has 1 fully saturated rings. The number of pyridine rings is 1. The number of hydrogen-bond donors (Lipinski definition) is 0. The molecule has 3 rings (SSSR count). The van der Waals surface area contributed by atoms with E-state index in [0.717, 1.165) is 16.3 Å². The number of thiophene rings is 1. The van der Waals surface area contributed by atoms with E-state index in [-0.39, 0.29) is 11.6 Å². The summed E-state index contributed by atoms with van der Waals surface area (Å²) in [5, 5.41) is 12.8. The molecule has 0 aromatic carbocycles. The first-order valence-electron chi connectivity index (χ1n) is 7.71. The van der Waals surface area contributed by atoms with E-state index in [4.69, 9.17) is 0 Å². The zero-order chi connectivity index (χ0) is 17.1. The van der Waals surface area contributed by atoms with Crippen molar-refractivity contribution < 1.29 is 9.72 Å². The van der Waals surface area contributed by atoms with Gasteiger partial charge in [0.05, 0.1) is 11.3 Å². The molecule has 0 aliphatic carbocycles. The zero-order valence-corrected chi connectivity index (χ0v) is 14.2. The molecule has 1 amide bonds. The molecule has 1 aliphatic heterocycles. The lowest BCUT2D eigenvalue weighted by atomic mass is 10.2. The largest absolute Gasteiger partial charge is 0.353 e. The Morgan fingerprint density at radius 1 is 1.38 bits per heavy atom. The van der Waals surface area contributed by atoms with Crippen molar-refractivity contribution in [1.82, 2.24) is 9.88 Å². The summed E-state index contributed by atoms with van der Waals surface area (Å²) < 4.78 is 0. The Hall–Kier alpha value is -2.48. The minimum Gasteiger partial charge on any atom is -0.353 e. The van der Waals surface area contributed by atoms with Crippen LogP contribution < -0.4 is 4.90 Å². The van der Waals surface area contributed by atoms with Gasteiger partial charge in [-0.05, 0) is 23.9 Å². The third kappa shape index (κ3) is 3.53. The highest BCUT2D eigenvalue weighted by Crippen LogP contribution is 2.23. The van der Waals surface area contributed by atoms with Crippen LogP contribution in [0.1, 0.15) is 10.4 Å². The summed E-state index contributed by atoms with van der Waals surface area (Å²) in [6.45, 7) is 4.47. The third-order valence-corrected chi connectivity index (χ3v) is 4.96. The molecule has 0 N–H and O–H groups in total. The number of rotatable bonds is 4. The average Bonchev–Trinajstić information content (AvgIpc) is 3.08.